The van der Waals surface area contributed by atoms with Gasteiger partial charge in [0.15, 0.2) is 0 Å². The number of nitrogens with zero attached hydrogens (tertiary/aromatic N) is 5. The van der Waals surface area contributed by atoms with E-state index in [-0.39, 0.29) is 6.03 Å². The minimum atomic E-state index is 0.0589. The van der Waals surface area contributed by atoms with Crippen LogP contribution in [0.5, 0.6) is 0 Å². The molecule has 7 heteroatoms. The molecule has 7 nitrogen and oxygen atoms in total. The third-order valence-corrected chi connectivity index (χ3v) is 5.16. The predicted molar refractivity (Wildman–Crippen MR) is 114 cm³/mol. The number of carbonyl (C=O) groups is 1. The van der Waals surface area contributed by atoms with Gasteiger partial charge in [0.2, 0.25) is 0 Å². The van der Waals surface area contributed by atoms with E-state index in [1.165, 1.54) is 11.1 Å². The largest absolute Gasteiger partial charge is 0.378 e. The Kier molecular flexibility index (Phi) is 6.69. The molecule has 0 atom stereocenters. The van der Waals surface area contributed by atoms with Gasteiger partial charge in [0.05, 0.1) is 12.3 Å². The van der Waals surface area contributed by atoms with Gasteiger partial charge in [-0.3, -0.25) is 0 Å². The van der Waals surface area contributed by atoms with Crippen molar-refractivity contribution in [3.05, 3.63) is 52.5 Å². The van der Waals surface area contributed by atoms with Gasteiger partial charge in [-0.1, -0.05) is 29.8 Å². The number of anilines is 1. The van der Waals surface area contributed by atoms with Gasteiger partial charge in [0, 0.05) is 59.4 Å². The van der Waals surface area contributed by atoms with Crippen molar-refractivity contribution in [1.29, 1.82) is 0 Å². The second-order valence-electron chi connectivity index (χ2n) is 7.77. The van der Waals surface area contributed by atoms with Crippen molar-refractivity contribution >= 4 is 11.8 Å². The molecule has 1 aromatic heterocycles. The van der Waals surface area contributed by atoms with Gasteiger partial charge < -0.3 is 19.4 Å². The Hall–Kier alpha value is -2.67. The molecule has 0 unspecified atom stereocenters. The van der Waals surface area contributed by atoms with Crippen molar-refractivity contribution in [2.24, 2.45) is 0 Å². The molecular formula is C22H31N5O2. The normalized spacial score (nSPS) is 14.2. The van der Waals surface area contributed by atoms with Crippen LogP contribution in [0.3, 0.4) is 0 Å². The van der Waals surface area contributed by atoms with Gasteiger partial charge in [0.25, 0.3) is 0 Å². The number of benzene rings is 1. The highest BCUT2D eigenvalue weighted by Gasteiger charge is 2.26. The quantitative estimate of drug-likeness (QED) is 0.776. The molecule has 2 amide bonds. The minimum Gasteiger partial charge on any atom is -0.378 e. The van der Waals surface area contributed by atoms with E-state index in [1.54, 1.807) is 26.1 Å². The Bertz CT molecular complexity index is 860. The summed E-state index contributed by atoms with van der Waals surface area (Å²) in [6.07, 6.45) is 0.757. The molecule has 156 valence electrons. The summed E-state index contributed by atoms with van der Waals surface area (Å²) in [6.45, 7) is 7.36. The number of aromatic nitrogens is 2. The standard InChI is InChI=1S/C22H31N5O2/c1-16-7-6-8-18(13-16)14-19-20(15-29-5)23-17(2)24-21(19)26-9-11-27(12-10-26)22(28)25(3)4/h6-8,13H,9-12,14-15H2,1-5H3. The number of ether oxygens (including phenoxy) is 1. The molecule has 2 heterocycles. The highest BCUT2D eigenvalue weighted by molar-refractivity contribution is 5.74. The van der Waals surface area contributed by atoms with Crippen LogP contribution in [0, 0.1) is 13.8 Å². The Labute approximate surface area is 173 Å². The van der Waals surface area contributed by atoms with E-state index < -0.39 is 0 Å². The first kappa shape index (κ1) is 21.0. The average Bonchev–Trinajstić information content (AvgIpc) is 2.69. The summed E-state index contributed by atoms with van der Waals surface area (Å²) >= 11 is 0. The van der Waals surface area contributed by atoms with Gasteiger partial charge >= 0.3 is 6.03 Å². The van der Waals surface area contributed by atoms with Crippen molar-refractivity contribution in [2.45, 2.75) is 26.9 Å². The van der Waals surface area contributed by atoms with Crippen LogP contribution in [-0.4, -0.2) is 73.2 Å². The number of aryl methyl sites for hydroxylation is 2. The summed E-state index contributed by atoms with van der Waals surface area (Å²) in [5, 5.41) is 0. The van der Waals surface area contributed by atoms with Crippen molar-refractivity contribution < 1.29 is 9.53 Å². The van der Waals surface area contributed by atoms with E-state index in [9.17, 15) is 4.79 Å². The smallest absolute Gasteiger partial charge is 0.319 e. The molecule has 0 aliphatic carbocycles. The molecule has 0 radical (unpaired) electrons. The summed E-state index contributed by atoms with van der Waals surface area (Å²) in [5.41, 5.74) is 4.51. The molecule has 0 N–H and O–H groups in total. The van der Waals surface area contributed by atoms with E-state index in [0.29, 0.717) is 19.7 Å². The van der Waals surface area contributed by atoms with Crippen LogP contribution >= 0.6 is 0 Å². The van der Waals surface area contributed by atoms with Crippen molar-refractivity contribution in [3.63, 3.8) is 0 Å². The molecule has 0 saturated carbocycles. The zero-order valence-corrected chi connectivity index (χ0v) is 18.1. The molecule has 2 aromatic rings. The van der Waals surface area contributed by atoms with E-state index >= 15 is 0 Å². The highest BCUT2D eigenvalue weighted by atomic mass is 16.5. The summed E-state index contributed by atoms with van der Waals surface area (Å²) in [4.78, 5) is 27.5. The first-order valence-corrected chi connectivity index (χ1v) is 10.0. The first-order chi connectivity index (χ1) is 13.9. The number of urea groups is 1. The van der Waals surface area contributed by atoms with Crippen LogP contribution in [0.15, 0.2) is 24.3 Å². The Morgan fingerprint density at radius 1 is 1.14 bits per heavy atom. The topological polar surface area (TPSA) is 61.8 Å². The van der Waals surface area contributed by atoms with Gasteiger partial charge in [-0.25, -0.2) is 14.8 Å². The predicted octanol–water partition coefficient (Wildman–Crippen LogP) is 2.63. The van der Waals surface area contributed by atoms with Crippen LogP contribution < -0.4 is 4.90 Å². The van der Waals surface area contributed by atoms with E-state index in [2.05, 4.69) is 41.1 Å². The highest BCUT2D eigenvalue weighted by Crippen LogP contribution is 2.26. The Balaban J connectivity index is 1.90. The molecule has 1 aromatic carbocycles. The zero-order valence-electron chi connectivity index (χ0n) is 18.1. The Morgan fingerprint density at radius 3 is 2.48 bits per heavy atom. The van der Waals surface area contributed by atoms with Crippen molar-refractivity contribution in [2.75, 3.05) is 52.3 Å². The molecule has 1 aliphatic rings. The lowest BCUT2D eigenvalue weighted by molar-refractivity contribution is 0.167. The number of hydrogen-bond donors (Lipinski definition) is 0. The maximum Gasteiger partial charge on any atom is 0.319 e. The maximum atomic E-state index is 12.3. The number of hydrogen-bond acceptors (Lipinski definition) is 5. The molecular weight excluding hydrogens is 366 g/mol. The Morgan fingerprint density at radius 2 is 1.86 bits per heavy atom. The van der Waals surface area contributed by atoms with Crippen LogP contribution in [0.4, 0.5) is 10.6 Å². The second-order valence-corrected chi connectivity index (χ2v) is 7.77. The van der Waals surface area contributed by atoms with E-state index in [4.69, 9.17) is 9.72 Å². The van der Waals surface area contributed by atoms with Gasteiger partial charge in [-0.15, -0.1) is 0 Å². The van der Waals surface area contributed by atoms with Gasteiger partial charge in [0.1, 0.15) is 11.6 Å². The van der Waals surface area contributed by atoms with Crippen LogP contribution in [0.1, 0.15) is 28.2 Å². The number of amides is 2. The molecule has 1 aliphatic heterocycles. The number of rotatable bonds is 5. The molecule has 1 fully saturated rings. The van der Waals surface area contributed by atoms with Gasteiger partial charge in [-0.05, 0) is 19.4 Å². The van der Waals surface area contributed by atoms with E-state index in [0.717, 1.165) is 42.4 Å². The maximum absolute atomic E-state index is 12.3. The number of carbonyl (C=O) groups excluding carboxylic acids is 1. The minimum absolute atomic E-state index is 0.0589. The summed E-state index contributed by atoms with van der Waals surface area (Å²) in [6, 6.07) is 8.59. The first-order valence-electron chi connectivity index (χ1n) is 10.0. The third-order valence-electron chi connectivity index (χ3n) is 5.16. The number of piperazine rings is 1. The van der Waals surface area contributed by atoms with Gasteiger partial charge in [-0.2, -0.15) is 0 Å². The SMILES string of the molecule is COCc1nc(C)nc(N2CCN(C(=O)N(C)C)CC2)c1Cc1cccc(C)c1. The van der Waals surface area contributed by atoms with Crippen LogP contribution in [0.25, 0.3) is 0 Å². The van der Waals surface area contributed by atoms with Crippen molar-refractivity contribution in [1.82, 2.24) is 19.8 Å². The van der Waals surface area contributed by atoms with E-state index in [1.807, 2.05) is 11.8 Å². The zero-order chi connectivity index (χ0) is 21.0. The van der Waals surface area contributed by atoms with Crippen molar-refractivity contribution in [3.8, 4) is 0 Å². The summed E-state index contributed by atoms with van der Waals surface area (Å²) in [5.74, 6) is 1.70. The molecule has 0 bridgehead atoms. The fourth-order valence-electron chi connectivity index (χ4n) is 3.75. The lowest BCUT2D eigenvalue weighted by Gasteiger charge is -2.37. The lowest BCUT2D eigenvalue weighted by atomic mass is 10.0. The lowest BCUT2D eigenvalue weighted by Crippen LogP contribution is -2.52. The summed E-state index contributed by atoms with van der Waals surface area (Å²) in [7, 11) is 5.28. The van der Waals surface area contributed by atoms with Crippen LogP contribution in [0.2, 0.25) is 0 Å². The summed E-state index contributed by atoms with van der Waals surface area (Å²) < 4.78 is 5.43. The molecule has 0 spiro atoms. The van der Waals surface area contributed by atoms with Crippen LogP contribution in [-0.2, 0) is 17.8 Å². The third kappa shape index (κ3) is 5.03. The molecule has 29 heavy (non-hydrogen) atoms. The fourth-order valence-corrected chi connectivity index (χ4v) is 3.75. The molecule has 3 rings (SSSR count). The average molecular weight is 398 g/mol. The molecule has 1 saturated heterocycles. The number of methoxy groups -OCH3 is 1. The fraction of sp³-hybridized carbons (Fsp3) is 0.500. The second kappa shape index (κ2) is 9.22. The monoisotopic (exact) mass is 397 g/mol.